The molecule has 3 rings (SSSR count). The van der Waals surface area contributed by atoms with Gasteiger partial charge in [0, 0.05) is 36.6 Å². The molecular weight excluding hydrogens is 228 g/mol. The third kappa shape index (κ3) is 2.16. The lowest BCUT2D eigenvalue weighted by Crippen LogP contribution is -2.52. The molecular formula is C14H22N2S. The van der Waals surface area contributed by atoms with E-state index < -0.39 is 0 Å². The average molecular weight is 250 g/mol. The number of nitrogens with zero attached hydrogens (tertiary/aromatic N) is 1. The SMILES string of the molecule is CCC1CNCCN1C1CCCc2sccc21. The summed E-state index contributed by atoms with van der Waals surface area (Å²) in [6.45, 7) is 5.87. The first kappa shape index (κ1) is 11.7. The molecule has 1 aromatic rings. The van der Waals surface area contributed by atoms with Crippen LogP contribution in [0.2, 0.25) is 0 Å². The van der Waals surface area contributed by atoms with Crippen LogP contribution < -0.4 is 5.32 Å². The van der Waals surface area contributed by atoms with Gasteiger partial charge in [-0.2, -0.15) is 0 Å². The lowest BCUT2D eigenvalue weighted by molar-refractivity contribution is 0.0925. The molecule has 0 aromatic carbocycles. The molecule has 2 aliphatic rings. The summed E-state index contributed by atoms with van der Waals surface area (Å²) in [6, 6.07) is 3.81. The molecule has 1 aromatic heterocycles. The van der Waals surface area contributed by atoms with Crippen molar-refractivity contribution in [1.82, 2.24) is 10.2 Å². The molecule has 2 heterocycles. The molecule has 1 saturated heterocycles. The van der Waals surface area contributed by atoms with Crippen molar-refractivity contribution in [3.63, 3.8) is 0 Å². The normalized spacial score (nSPS) is 30.2. The third-order valence-corrected chi connectivity index (χ3v) is 5.28. The van der Waals surface area contributed by atoms with Gasteiger partial charge in [-0.15, -0.1) is 11.3 Å². The Morgan fingerprint density at radius 1 is 1.53 bits per heavy atom. The monoisotopic (exact) mass is 250 g/mol. The van der Waals surface area contributed by atoms with Crippen LogP contribution in [0.25, 0.3) is 0 Å². The van der Waals surface area contributed by atoms with Crippen LogP contribution in [-0.2, 0) is 6.42 Å². The number of aryl methyl sites for hydroxylation is 1. The van der Waals surface area contributed by atoms with Gasteiger partial charge in [0.2, 0.25) is 0 Å². The molecule has 94 valence electrons. The van der Waals surface area contributed by atoms with E-state index in [0.29, 0.717) is 6.04 Å². The second-order valence-corrected chi connectivity index (χ2v) is 6.21. The maximum absolute atomic E-state index is 3.53. The first-order chi connectivity index (χ1) is 8.40. The smallest absolute Gasteiger partial charge is 0.0363 e. The van der Waals surface area contributed by atoms with Crippen molar-refractivity contribution >= 4 is 11.3 Å². The molecule has 0 saturated carbocycles. The van der Waals surface area contributed by atoms with Crippen molar-refractivity contribution in [2.75, 3.05) is 19.6 Å². The van der Waals surface area contributed by atoms with Gasteiger partial charge in [-0.1, -0.05) is 6.92 Å². The molecule has 17 heavy (non-hydrogen) atoms. The zero-order chi connectivity index (χ0) is 11.7. The van der Waals surface area contributed by atoms with E-state index in [1.54, 1.807) is 10.4 Å². The van der Waals surface area contributed by atoms with Crippen LogP contribution in [0.3, 0.4) is 0 Å². The Labute approximate surface area is 108 Å². The first-order valence-electron chi connectivity index (χ1n) is 6.93. The van der Waals surface area contributed by atoms with Crippen LogP contribution in [0.5, 0.6) is 0 Å². The highest BCUT2D eigenvalue weighted by Gasteiger charge is 2.31. The Hall–Kier alpha value is -0.380. The number of piperazine rings is 1. The topological polar surface area (TPSA) is 15.3 Å². The highest BCUT2D eigenvalue weighted by atomic mass is 32.1. The number of hydrogen-bond donors (Lipinski definition) is 1. The van der Waals surface area contributed by atoms with Crippen LogP contribution in [-0.4, -0.2) is 30.6 Å². The van der Waals surface area contributed by atoms with Crippen LogP contribution in [0, 0.1) is 0 Å². The minimum Gasteiger partial charge on any atom is -0.314 e. The number of rotatable bonds is 2. The van der Waals surface area contributed by atoms with Crippen LogP contribution >= 0.6 is 11.3 Å². The summed E-state index contributed by atoms with van der Waals surface area (Å²) in [5.41, 5.74) is 1.64. The quantitative estimate of drug-likeness (QED) is 0.868. The molecule has 2 nitrogen and oxygen atoms in total. The molecule has 0 bridgehead atoms. The Bertz CT molecular complexity index is 374. The van der Waals surface area contributed by atoms with Gasteiger partial charge in [0.25, 0.3) is 0 Å². The van der Waals surface area contributed by atoms with Crippen LogP contribution in [0.15, 0.2) is 11.4 Å². The molecule has 0 spiro atoms. The highest BCUT2D eigenvalue weighted by Crippen LogP contribution is 2.38. The third-order valence-electron chi connectivity index (χ3n) is 4.29. The number of fused-ring (bicyclic) bond motifs is 1. The van der Waals surface area contributed by atoms with Crippen molar-refractivity contribution in [2.45, 2.75) is 44.7 Å². The predicted molar refractivity (Wildman–Crippen MR) is 73.7 cm³/mol. The Morgan fingerprint density at radius 2 is 2.47 bits per heavy atom. The maximum atomic E-state index is 3.53. The molecule has 0 amide bonds. The van der Waals surface area contributed by atoms with E-state index >= 15 is 0 Å². The maximum Gasteiger partial charge on any atom is 0.0363 e. The summed E-state index contributed by atoms with van der Waals surface area (Å²) < 4.78 is 0. The van der Waals surface area contributed by atoms with Crippen molar-refractivity contribution in [3.05, 3.63) is 21.9 Å². The van der Waals surface area contributed by atoms with Gasteiger partial charge >= 0.3 is 0 Å². The van der Waals surface area contributed by atoms with Crippen LogP contribution in [0.1, 0.15) is 42.7 Å². The van der Waals surface area contributed by atoms with Crippen molar-refractivity contribution in [1.29, 1.82) is 0 Å². The molecule has 0 radical (unpaired) electrons. The number of hydrogen-bond acceptors (Lipinski definition) is 3. The van der Waals surface area contributed by atoms with E-state index in [9.17, 15) is 0 Å². The fourth-order valence-electron chi connectivity index (χ4n) is 3.37. The summed E-state index contributed by atoms with van der Waals surface area (Å²) in [7, 11) is 0. The lowest BCUT2D eigenvalue weighted by Gasteiger charge is -2.42. The van der Waals surface area contributed by atoms with Crippen molar-refractivity contribution in [3.8, 4) is 0 Å². The number of thiophene rings is 1. The van der Waals surface area contributed by atoms with E-state index in [0.717, 1.165) is 12.6 Å². The number of nitrogens with one attached hydrogen (secondary N) is 1. The largest absolute Gasteiger partial charge is 0.314 e. The zero-order valence-corrected chi connectivity index (χ0v) is 11.4. The van der Waals surface area contributed by atoms with Crippen molar-refractivity contribution < 1.29 is 0 Å². The van der Waals surface area contributed by atoms with Gasteiger partial charge in [-0.25, -0.2) is 0 Å². The van der Waals surface area contributed by atoms with Gasteiger partial charge in [-0.3, -0.25) is 4.90 Å². The fraction of sp³-hybridized carbons (Fsp3) is 0.714. The summed E-state index contributed by atoms with van der Waals surface area (Å²) in [5.74, 6) is 0. The van der Waals surface area contributed by atoms with E-state index in [1.165, 1.54) is 38.8 Å². The second-order valence-electron chi connectivity index (χ2n) is 5.21. The molecule has 1 aliphatic heterocycles. The lowest BCUT2D eigenvalue weighted by atomic mass is 9.91. The summed E-state index contributed by atoms with van der Waals surface area (Å²) in [5, 5.41) is 5.82. The standard InChI is InChI=1S/C14H22N2S/c1-2-11-10-15-7-8-16(11)13-4-3-5-14-12(13)6-9-17-14/h6,9,11,13,15H,2-5,7-8,10H2,1H3. The summed E-state index contributed by atoms with van der Waals surface area (Å²) >= 11 is 1.96. The second kappa shape index (κ2) is 5.09. The predicted octanol–water partition coefficient (Wildman–Crippen LogP) is 2.81. The zero-order valence-electron chi connectivity index (χ0n) is 10.6. The minimum absolute atomic E-state index is 0.706. The van der Waals surface area contributed by atoms with E-state index in [1.807, 2.05) is 11.3 Å². The summed E-state index contributed by atoms with van der Waals surface area (Å²) in [4.78, 5) is 4.41. The Kier molecular flexibility index (Phi) is 3.50. The first-order valence-corrected chi connectivity index (χ1v) is 7.81. The fourth-order valence-corrected chi connectivity index (χ4v) is 4.35. The van der Waals surface area contributed by atoms with Gasteiger partial charge in [0.1, 0.15) is 0 Å². The highest BCUT2D eigenvalue weighted by molar-refractivity contribution is 7.10. The molecule has 1 aliphatic carbocycles. The van der Waals surface area contributed by atoms with Gasteiger partial charge in [0.05, 0.1) is 0 Å². The molecule has 1 N–H and O–H groups in total. The van der Waals surface area contributed by atoms with E-state index in [2.05, 4.69) is 28.6 Å². The van der Waals surface area contributed by atoms with Crippen LogP contribution in [0.4, 0.5) is 0 Å². The Morgan fingerprint density at radius 3 is 3.35 bits per heavy atom. The molecule has 2 unspecified atom stereocenters. The van der Waals surface area contributed by atoms with E-state index in [4.69, 9.17) is 0 Å². The molecule has 2 atom stereocenters. The minimum atomic E-state index is 0.706. The van der Waals surface area contributed by atoms with Gasteiger partial charge < -0.3 is 5.32 Å². The van der Waals surface area contributed by atoms with E-state index in [-0.39, 0.29) is 0 Å². The molecule has 1 fully saturated rings. The average Bonchev–Trinajstić information content (AvgIpc) is 2.86. The van der Waals surface area contributed by atoms with Crippen molar-refractivity contribution in [2.24, 2.45) is 0 Å². The molecule has 3 heteroatoms. The van der Waals surface area contributed by atoms with Gasteiger partial charge in [0.15, 0.2) is 0 Å². The Balaban J connectivity index is 1.84. The summed E-state index contributed by atoms with van der Waals surface area (Å²) in [6.07, 6.45) is 5.31. The van der Waals surface area contributed by atoms with Gasteiger partial charge in [-0.05, 0) is 42.7 Å².